The van der Waals surface area contributed by atoms with E-state index in [2.05, 4.69) is 15.5 Å². The second kappa shape index (κ2) is 6.07. The highest BCUT2D eigenvalue weighted by atomic mass is 16.5. The lowest BCUT2D eigenvalue weighted by Crippen LogP contribution is -2.41. The first-order chi connectivity index (χ1) is 10.2. The third-order valence-corrected chi connectivity index (χ3v) is 4.38. The number of hydrogen-bond donors (Lipinski definition) is 1. The molecule has 3 rings (SSSR count). The molecule has 2 aliphatic heterocycles. The summed E-state index contributed by atoms with van der Waals surface area (Å²) >= 11 is 0. The van der Waals surface area contributed by atoms with Crippen molar-refractivity contribution in [2.45, 2.75) is 44.8 Å². The van der Waals surface area contributed by atoms with Gasteiger partial charge in [0.1, 0.15) is 6.10 Å². The first kappa shape index (κ1) is 14.4. The van der Waals surface area contributed by atoms with Gasteiger partial charge in [-0.1, -0.05) is 0 Å². The molecular formula is C13H20N4O4. The largest absolute Gasteiger partial charge is 0.481 e. The van der Waals surface area contributed by atoms with Crippen LogP contribution < -0.4 is 0 Å². The maximum Gasteiger partial charge on any atom is 0.311 e. The normalized spacial score (nSPS) is 25.6. The van der Waals surface area contributed by atoms with E-state index < -0.39 is 11.4 Å². The van der Waals surface area contributed by atoms with Gasteiger partial charge in [-0.05, 0) is 42.5 Å². The summed E-state index contributed by atoms with van der Waals surface area (Å²) in [5, 5.41) is 21.4. The minimum atomic E-state index is -0.850. The monoisotopic (exact) mass is 296 g/mol. The van der Waals surface area contributed by atoms with Crippen LogP contribution in [0.3, 0.4) is 0 Å². The fraction of sp³-hybridized carbons (Fsp3) is 0.846. The van der Waals surface area contributed by atoms with Gasteiger partial charge in [0.15, 0.2) is 5.82 Å². The van der Waals surface area contributed by atoms with E-state index in [0.717, 1.165) is 19.3 Å². The van der Waals surface area contributed by atoms with Crippen LogP contribution in [0.5, 0.6) is 0 Å². The van der Waals surface area contributed by atoms with Crippen LogP contribution in [0.2, 0.25) is 0 Å². The van der Waals surface area contributed by atoms with Crippen molar-refractivity contribution in [1.29, 1.82) is 0 Å². The van der Waals surface area contributed by atoms with Crippen molar-refractivity contribution in [2.24, 2.45) is 5.41 Å². The first-order valence-electron chi connectivity index (χ1n) is 7.40. The molecule has 0 aromatic carbocycles. The summed E-state index contributed by atoms with van der Waals surface area (Å²) in [7, 11) is 0. The van der Waals surface area contributed by atoms with Crippen LogP contribution in [0.1, 0.15) is 44.0 Å². The molecule has 1 N–H and O–H groups in total. The molecule has 1 atom stereocenters. The van der Waals surface area contributed by atoms with Gasteiger partial charge in [-0.15, -0.1) is 5.10 Å². The topological polar surface area (TPSA) is 99.4 Å². The summed E-state index contributed by atoms with van der Waals surface area (Å²) in [5.74, 6) is -0.168. The van der Waals surface area contributed by atoms with Gasteiger partial charge >= 0.3 is 5.97 Å². The smallest absolute Gasteiger partial charge is 0.311 e. The second-order valence-corrected chi connectivity index (χ2v) is 5.75. The Morgan fingerprint density at radius 3 is 2.81 bits per heavy atom. The SMILES string of the molecule is O=C(O)C1(Cn2nnnc2C2CCCCO2)CCOCC1. The van der Waals surface area contributed by atoms with Gasteiger partial charge in [-0.3, -0.25) is 4.79 Å². The lowest BCUT2D eigenvalue weighted by molar-refractivity contribution is -0.156. The number of carboxylic acid groups (broad SMARTS) is 1. The molecule has 21 heavy (non-hydrogen) atoms. The summed E-state index contributed by atoms with van der Waals surface area (Å²) < 4.78 is 12.6. The van der Waals surface area contributed by atoms with E-state index in [1.54, 1.807) is 4.68 Å². The Kier molecular flexibility index (Phi) is 4.16. The third kappa shape index (κ3) is 2.91. The molecule has 0 bridgehead atoms. The zero-order chi connectivity index (χ0) is 14.7. The fourth-order valence-electron chi connectivity index (χ4n) is 2.99. The summed E-state index contributed by atoms with van der Waals surface area (Å²) in [6, 6.07) is 0. The molecule has 0 saturated carbocycles. The van der Waals surface area contributed by atoms with Crippen LogP contribution in [-0.2, 0) is 20.8 Å². The summed E-state index contributed by atoms with van der Waals surface area (Å²) in [6.07, 6.45) is 3.84. The Bertz CT molecular complexity index is 492. The molecule has 0 radical (unpaired) electrons. The molecule has 2 fully saturated rings. The molecular weight excluding hydrogens is 276 g/mol. The van der Waals surface area contributed by atoms with E-state index >= 15 is 0 Å². The molecule has 116 valence electrons. The highest BCUT2D eigenvalue weighted by molar-refractivity contribution is 5.74. The lowest BCUT2D eigenvalue weighted by Gasteiger charge is -2.33. The maximum absolute atomic E-state index is 11.7. The molecule has 1 aromatic rings. The standard InChI is InChI=1S/C13H20N4O4/c18-12(19)13(4-7-20-8-5-13)9-17-11(14-15-16-17)10-3-1-2-6-21-10/h10H,1-9H2,(H,18,19). The van der Waals surface area contributed by atoms with Gasteiger partial charge in [0.05, 0.1) is 12.0 Å². The van der Waals surface area contributed by atoms with Gasteiger partial charge in [0.2, 0.25) is 0 Å². The van der Waals surface area contributed by atoms with Crippen LogP contribution in [0.25, 0.3) is 0 Å². The number of tetrazole rings is 1. The van der Waals surface area contributed by atoms with Gasteiger partial charge in [-0.25, -0.2) is 4.68 Å². The minimum absolute atomic E-state index is 0.126. The van der Waals surface area contributed by atoms with Crippen LogP contribution in [-0.4, -0.2) is 51.1 Å². The van der Waals surface area contributed by atoms with Crippen LogP contribution in [0.4, 0.5) is 0 Å². The number of ether oxygens (including phenoxy) is 2. The van der Waals surface area contributed by atoms with Crippen LogP contribution in [0, 0.1) is 5.41 Å². The number of hydrogen-bond acceptors (Lipinski definition) is 6. The molecule has 8 heteroatoms. The van der Waals surface area contributed by atoms with Gasteiger partial charge in [-0.2, -0.15) is 0 Å². The lowest BCUT2D eigenvalue weighted by atomic mass is 9.80. The summed E-state index contributed by atoms with van der Waals surface area (Å²) in [5.41, 5.74) is -0.850. The highest BCUT2D eigenvalue weighted by Crippen LogP contribution is 2.34. The number of aromatic nitrogens is 4. The third-order valence-electron chi connectivity index (χ3n) is 4.38. The van der Waals surface area contributed by atoms with E-state index in [-0.39, 0.29) is 12.6 Å². The van der Waals surface area contributed by atoms with Crippen molar-refractivity contribution < 1.29 is 19.4 Å². The number of aliphatic carboxylic acids is 1. The molecule has 1 unspecified atom stereocenters. The Morgan fingerprint density at radius 1 is 1.33 bits per heavy atom. The molecule has 0 spiro atoms. The minimum Gasteiger partial charge on any atom is -0.481 e. The molecule has 8 nitrogen and oxygen atoms in total. The second-order valence-electron chi connectivity index (χ2n) is 5.75. The first-order valence-corrected chi connectivity index (χ1v) is 7.40. The number of carbonyl (C=O) groups is 1. The van der Waals surface area contributed by atoms with Crippen molar-refractivity contribution in [3.63, 3.8) is 0 Å². The Morgan fingerprint density at radius 2 is 2.14 bits per heavy atom. The Labute approximate surface area is 122 Å². The van der Waals surface area contributed by atoms with Crippen LogP contribution >= 0.6 is 0 Å². The molecule has 0 aliphatic carbocycles. The molecule has 0 amide bonds. The Balaban J connectivity index is 1.80. The van der Waals surface area contributed by atoms with E-state index in [9.17, 15) is 9.90 Å². The van der Waals surface area contributed by atoms with Crippen molar-refractivity contribution >= 4 is 5.97 Å². The van der Waals surface area contributed by atoms with Gasteiger partial charge < -0.3 is 14.6 Å². The van der Waals surface area contributed by atoms with Crippen molar-refractivity contribution in [3.05, 3.63) is 5.82 Å². The number of nitrogens with zero attached hydrogens (tertiary/aromatic N) is 4. The average molecular weight is 296 g/mol. The van der Waals surface area contributed by atoms with Crippen LogP contribution in [0.15, 0.2) is 0 Å². The highest BCUT2D eigenvalue weighted by Gasteiger charge is 2.42. The van der Waals surface area contributed by atoms with E-state index in [1.165, 1.54) is 0 Å². The summed E-state index contributed by atoms with van der Waals surface area (Å²) in [4.78, 5) is 11.7. The molecule has 1 aromatic heterocycles. The predicted molar refractivity (Wildman–Crippen MR) is 70.5 cm³/mol. The van der Waals surface area contributed by atoms with Crippen molar-refractivity contribution in [2.75, 3.05) is 19.8 Å². The van der Waals surface area contributed by atoms with Crippen molar-refractivity contribution in [3.8, 4) is 0 Å². The van der Waals surface area contributed by atoms with Gasteiger partial charge in [0, 0.05) is 19.8 Å². The van der Waals surface area contributed by atoms with E-state index in [4.69, 9.17) is 9.47 Å². The average Bonchev–Trinajstić information content (AvgIpc) is 2.97. The maximum atomic E-state index is 11.7. The molecule has 3 heterocycles. The zero-order valence-electron chi connectivity index (χ0n) is 11.9. The Hall–Kier alpha value is -1.54. The predicted octanol–water partition coefficient (Wildman–Crippen LogP) is 0.796. The number of carboxylic acids is 1. The van der Waals surface area contributed by atoms with Gasteiger partial charge in [0.25, 0.3) is 0 Å². The quantitative estimate of drug-likeness (QED) is 0.877. The fourth-order valence-corrected chi connectivity index (χ4v) is 2.99. The summed E-state index contributed by atoms with van der Waals surface area (Å²) in [6.45, 7) is 1.90. The zero-order valence-corrected chi connectivity index (χ0v) is 11.9. The molecule has 2 saturated heterocycles. The van der Waals surface area contributed by atoms with E-state index in [0.29, 0.717) is 38.5 Å². The van der Waals surface area contributed by atoms with E-state index in [1.807, 2.05) is 0 Å². The molecule has 2 aliphatic rings. The number of rotatable bonds is 4. The van der Waals surface area contributed by atoms with Crippen molar-refractivity contribution in [1.82, 2.24) is 20.2 Å².